The molecule has 2 nitrogen and oxygen atoms in total. The standard InChI is InChI=1S/C26H25N2/c1-3-4-17-28-24-14-8-11-20-10-7-12-22(26(20)24)25(28)18-21-16-15-19-9-5-6-13-23(19)27(21)2/h5-16,18H,3-4,17H2,1-2H3/q+1. The minimum absolute atomic E-state index is 1.05. The SMILES string of the molecule is CCCCn1/c(=C\c2ccc3ccccc3[n+]2C)c2cccc3cccc1c32. The van der Waals surface area contributed by atoms with Crippen LogP contribution in [-0.2, 0) is 13.6 Å². The maximum Gasteiger partial charge on any atom is 0.212 e. The third-order valence-electron chi connectivity index (χ3n) is 5.88. The average Bonchev–Trinajstić information content (AvgIpc) is 3.03. The van der Waals surface area contributed by atoms with E-state index in [1.165, 1.54) is 56.5 Å². The van der Waals surface area contributed by atoms with E-state index in [4.69, 9.17) is 0 Å². The molecule has 28 heavy (non-hydrogen) atoms. The molecule has 3 aromatic carbocycles. The van der Waals surface area contributed by atoms with Crippen molar-refractivity contribution in [2.45, 2.75) is 26.3 Å². The molecule has 5 aromatic rings. The fourth-order valence-corrected chi connectivity index (χ4v) is 4.39. The van der Waals surface area contributed by atoms with Gasteiger partial charge in [-0.2, -0.15) is 4.57 Å². The van der Waals surface area contributed by atoms with Gasteiger partial charge in [0.05, 0.1) is 5.35 Å². The van der Waals surface area contributed by atoms with E-state index in [2.05, 4.69) is 102 Å². The number of benzene rings is 3. The molecule has 0 aliphatic heterocycles. The summed E-state index contributed by atoms with van der Waals surface area (Å²) in [4.78, 5) is 0. The van der Waals surface area contributed by atoms with Gasteiger partial charge in [0.1, 0.15) is 7.05 Å². The molecule has 2 heterocycles. The van der Waals surface area contributed by atoms with Crippen molar-refractivity contribution in [1.82, 2.24) is 4.57 Å². The number of aryl methyl sites for hydroxylation is 2. The maximum atomic E-state index is 2.51. The first-order chi connectivity index (χ1) is 13.8. The van der Waals surface area contributed by atoms with Gasteiger partial charge < -0.3 is 4.57 Å². The van der Waals surface area contributed by atoms with E-state index in [1.54, 1.807) is 0 Å². The van der Waals surface area contributed by atoms with Crippen LogP contribution in [-0.4, -0.2) is 4.57 Å². The Balaban J connectivity index is 1.85. The Morgan fingerprint density at radius 1 is 0.857 bits per heavy atom. The van der Waals surface area contributed by atoms with Crippen LogP contribution in [0, 0.1) is 0 Å². The van der Waals surface area contributed by atoms with Crippen molar-refractivity contribution in [3.05, 3.63) is 83.8 Å². The Morgan fingerprint density at radius 2 is 1.64 bits per heavy atom. The lowest BCUT2D eigenvalue weighted by molar-refractivity contribution is -0.646. The summed E-state index contributed by atoms with van der Waals surface area (Å²) in [5.41, 5.74) is 3.82. The molecule has 2 heteroatoms. The van der Waals surface area contributed by atoms with Crippen molar-refractivity contribution in [2.24, 2.45) is 7.05 Å². The lowest BCUT2D eigenvalue weighted by Crippen LogP contribution is -2.34. The van der Waals surface area contributed by atoms with Gasteiger partial charge in [0.15, 0.2) is 0 Å². The fourth-order valence-electron chi connectivity index (χ4n) is 4.39. The number of aromatic nitrogens is 2. The van der Waals surface area contributed by atoms with Crippen molar-refractivity contribution in [2.75, 3.05) is 0 Å². The first-order valence-electron chi connectivity index (χ1n) is 10.2. The molecular weight excluding hydrogens is 340 g/mol. The molecule has 0 aliphatic carbocycles. The molecule has 5 rings (SSSR count). The van der Waals surface area contributed by atoms with Gasteiger partial charge in [0.25, 0.3) is 0 Å². The van der Waals surface area contributed by atoms with Gasteiger partial charge in [-0.1, -0.05) is 55.8 Å². The van der Waals surface area contributed by atoms with Crippen molar-refractivity contribution in [3.63, 3.8) is 0 Å². The van der Waals surface area contributed by atoms with Crippen LogP contribution in [0.15, 0.2) is 72.8 Å². The van der Waals surface area contributed by atoms with Crippen LogP contribution in [0.4, 0.5) is 0 Å². The van der Waals surface area contributed by atoms with Crippen LogP contribution in [0.25, 0.3) is 38.7 Å². The molecule has 0 bridgehead atoms. The molecule has 0 aliphatic rings. The van der Waals surface area contributed by atoms with Gasteiger partial charge in [-0.25, -0.2) is 0 Å². The van der Waals surface area contributed by atoms with E-state index in [0.29, 0.717) is 0 Å². The quantitative estimate of drug-likeness (QED) is 0.391. The summed E-state index contributed by atoms with van der Waals surface area (Å²) >= 11 is 0. The monoisotopic (exact) mass is 365 g/mol. The van der Waals surface area contributed by atoms with Crippen LogP contribution in [0.1, 0.15) is 25.5 Å². The molecule has 0 saturated carbocycles. The van der Waals surface area contributed by atoms with Crippen LogP contribution in [0.3, 0.4) is 0 Å². The molecule has 0 amide bonds. The molecule has 0 radical (unpaired) electrons. The molecule has 2 aromatic heterocycles. The lowest BCUT2D eigenvalue weighted by Gasteiger charge is -2.06. The zero-order valence-corrected chi connectivity index (χ0v) is 16.5. The van der Waals surface area contributed by atoms with E-state index in [0.717, 1.165) is 6.54 Å². The number of para-hydroxylation sites is 1. The van der Waals surface area contributed by atoms with Gasteiger partial charge in [0.2, 0.25) is 11.2 Å². The summed E-state index contributed by atoms with van der Waals surface area (Å²) in [6.07, 6.45) is 4.74. The third-order valence-corrected chi connectivity index (χ3v) is 5.88. The summed E-state index contributed by atoms with van der Waals surface area (Å²) in [5, 5.41) is 6.63. The summed E-state index contributed by atoms with van der Waals surface area (Å²) in [5.74, 6) is 0. The Hall–Kier alpha value is -3.13. The number of hydrogen-bond donors (Lipinski definition) is 0. The predicted molar refractivity (Wildman–Crippen MR) is 118 cm³/mol. The van der Waals surface area contributed by atoms with Crippen LogP contribution >= 0.6 is 0 Å². The zero-order valence-electron chi connectivity index (χ0n) is 16.5. The Morgan fingerprint density at radius 3 is 2.50 bits per heavy atom. The van der Waals surface area contributed by atoms with Gasteiger partial charge >= 0.3 is 0 Å². The van der Waals surface area contributed by atoms with Crippen molar-refractivity contribution in [3.8, 4) is 0 Å². The van der Waals surface area contributed by atoms with Gasteiger partial charge in [-0.3, -0.25) is 0 Å². The van der Waals surface area contributed by atoms with Crippen molar-refractivity contribution < 1.29 is 4.57 Å². The van der Waals surface area contributed by atoms with Gasteiger partial charge in [-0.15, -0.1) is 0 Å². The topological polar surface area (TPSA) is 8.81 Å². The zero-order chi connectivity index (χ0) is 19.1. The van der Waals surface area contributed by atoms with E-state index >= 15 is 0 Å². The third kappa shape index (κ3) is 2.60. The highest BCUT2D eigenvalue weighted by Crippen LogP contribution is 2.26. The van der Waals surface area contributed by atoms with E-state index in [9.17, 15) is 0 Å². The second kappa shape index (κ2) is 6.79. The lowest BCUT2D eigenvalue weighted by atomic mass is 10.1. The molecule has 0 saturated heterocycles. The molecule has 0 fully saturated rings. The Labute approximate surface area is 165 Å². The second-order valence-electron chi connectivity index (χ2n) is 7.59. The van der Waals surface area contributed by atoms with Gasteiger partial charge in [0, 0.05) is 46.4 Å². The first-order valence-corrected chi connectivity index (χ1v) is 10.2. The highest BCUT2D eigenvalue weighted by atomic mass is 15.0. The number of hydrogen-bond acceptors (Lipinski definition) is 0. The average molecular weight is 366 g/mol. The Kier molecular flexibility index (Phi) is 4.12. The maximum absolute atomic E-state index is 2.51. The van der Waals surface area contributed by atoms with Gasteiger partial charge in [-0.05, 0) is 30.0 Å². The number of nitrogens with zero attached hydrogens (tertiary/aromatic N) is 2. The van der Waals surface area contributed by atoms with E-state index in [1.807, 2.05) is 0 Å². The molecule has 0 atom stereocenters. The Bertz CT molecular complexity index is 1350. The second-order valence-corrected chi connectivity index (χ2v) is 7.59. The van der Waals surface area contributed by atoms with Crippen LogP contribution < -0.4 is 9.92 Å². The molecule has 138 valence electrons. The smallest absolute Gasteiger partial charge is 0.212 e. The summed E-state index contributed by atoms with van der Waals surface area (Å²) in [6.45, 7) is 3.31. The summed E-state index contributed by atoms with van der Waals surface area (Å²) in [6, 6.07) is 26.4. The number of rotatable bonds is 4. The highest BCUT2D eigenvalue weighted by Gasteiger charge is 2.14. The summed E-state index contributed by atoms with van der Waals surface area (Å²) < 4.78 is 4.81. The largest absolute Gasteiger partial charge is 0.340 e. The van der Waals surface area contributed by atoms with Crippen LogP contribution in [0.2, 0.25) is 0 Å². The number of unbranched alkanes of at least 4 members (excludes halogenated alkanes) is 1. The normalized spacial score (nSPS) is 12.6. The van der Waals surface area contributed by atoms with E-state index in [-0.39, 0.29) is 0 Å². The molecule has 0 spiro atoms. The summed E-state index contributed by atoms with van der Waals surface area (Å²) in [7, 11) is 2.16. The van der Waals surface area contributed by atoms with Crippen LogP contribution in [0.5, 0.6) is 0 Å². The molecule has 0 unspecified atom stereocenters. The number of pyridine rings is 1. The van der Waals surface area contributed by atoms with Crippen molar-refractivity contribution >= 4 is 38.7 Å². The minimum atomic E-state index is 1.05. The number of fused-ring (bicyclic) bond motifs is 1. The molecular formula is C26H25N2+. The fraction of sp³-hybridized carbons (Fsp3) is 0.192. The first kappa shape index (κ1) is 17.0. The van der Waals surface area contributed by atoms with Crippen molar-refractivity contribution in [1.29, 1.82) is 0 Å². The predicted octanol–water partition coefficient (Wildman–Crippen LogP) is 5.12. The highest BCUT2D eigenvalue weighted by molar-refractivity contribution is 6.10. The molecule has 0 N–H and O–H groups in total. The van der Waals surface area contributed by atoms with E-state index < -0.39 is 0 Å². The minimum Gasteiger partial charge on any atom is -0.340 e.